The number of imidazole rings is 1. The fourth-order valence-electron chi connectivity index (χ4n) is 2.47. The fraction of sp³-hybridized carbons (Fsp3) is 0.267. The van der Waals surface area contributed by atoms with E-state index >= 15 is 0 Å². The molecule has 0 saturated heterocycles. The van der Waals surface area contributed by atoms with E-state index in [1.807, 2.05) is 38.4 Å². The normalized spacial score (nSPS) is 11.5. The van der Waals surface area contributed by atoms with E-state index in [2.05, 4.69) is 25.7 Å². The third kappa shape index (κ3) is 4.05. The van der Waals surface area contributed by atoms with Crippen molar-refractivity contribution in [3.63, 3.8) is 0 Å². The van der Waals surface area contributed by atoms with Crippen molar-refractivity contribution in [1.82, 2.24) is 25.1 Å². The summed E-state index contributed by atoms with van der Waals surface area (Å²) in [7, 11) is 3.57. The molecule has 0 aliphatic rings. The Hall–Kier alpha value is -2.09. The van der Waals surface area contributed by atoms with Crippen LogP contribution in [0.25, 0.3) is 11.0 Å². The molecule has 1 unspecified atom stereocenters. The van der Waals surface area contributed by atoms with Crippen LogP contribution in [0, 0.1) is 6.92 Å². The van der Waals surface area contributed by atoms with Crippen LogP contribution < -0.4 is 10.6 Å². The lowest BCUT2D eigenvalue weighted by Crippen LogP contribution is -2.30. The summed E-state index contributed by atoms with van der Waals surface area (Å²) in [4.78, 5) is 20.0. The summed E-state index contributed by atoms with van der Waals surface area (Å²) in [6.45, 7) is 1.90. The minimum Gasteiger partial charge on any atom is -0.342 e. The second kappa shape index (κ2) is 8.14. The molecule has 0 aliphatic heterocycles. The smallest absolute Gasteiger partial charge is 0.246 e. The number of fused-ring (bicyclic) bond motifs is 1. The number of nitrogens with zero attached hydrogens (tertiary/aromatic N) is 3. The second-order valence-electron chi connectivity index (χ2n) is 5.21. The average Bonchev–Trinajstić information content (AvgIpc) is 3.04. The molecule has 24 heavy (non-hydrogen) atoms. The van der Waals surface area contributed by atoms with E-state index in [1.54, 1.807) is 17.9 Å². The zero-order valence-electron chi connectivity index (χ0n) is 13.5. The van der Waals surface area contributed by atoms with Gasteiger partial charge in [0.15, 0.2) is 0 Å². The Labute approximate surface area is 152 Å². The average molecular weight is 371 g/mol. The van der Waals surface area contributed by atoms with Gasteiger partial charge in [-0.15, -0.1) is 24.8 Å². The van der Waals surface area contributed by atoms with Crippen LogP contribution in [0.15, 0.2) is 30.6 Å². The first-order chi connectivity index (χ1) is 10.6. The molecule has 7 nitrogen and oxygen atoms in total. The Morgan fingerprint density at radius 3 is 2.71 bits per heavy atom. The molecule has 1 amide bonds. The number of rotatable bonds is 4. The monoisotopic (exact) mass is 370 g/mol. The van der Waals surface area contributed by atoms with Gasteiger partial charge in [0.05, 0.1) is 17.2 Å². The van der Waals surface area contributed by atoms with Crippen molar-refractivity contribution in [1.29, 1.82) is 0 Å². The molecule has 2 heterocycles. The van der Waals surface area contributed by atoms with Gasteiger partial charge in [0.25, 0.3) is 0 Å². The van der Waals surface area contributed by atoms with Gasteiger partial charge in [-0.25, -0.2) is 4.98 Å². The van der Waals surface area contributed by atoms with Gasteiger partial charge in [0, 0.05) is 24.5 Å². The van der Waals surface area contributed by atoms with Crippen molar-refractivity contribution in [3.8, 4) is 0 Å². The number of aromatic amines is 1. The van der Waals surface area contributed by atoms with Crippen LogP contribution in [0.4, 0.5) is 5.69 Å². The number of aryl methyl sites for hydroxylation is 2. The minimum absolute atomic E-state index is 0. The topological polar surface area (TPSA) is 87.6 Å². The highest BCUT2D eigenvalue weighted by atomic mass is 35.5. The molecule has 0 radical (unpaired) electrons. The number of carbonyl (C=O) groups excluding carboxylic acids is 1. The van der Waals surface area contributed by atoms with Gasteiger partial charge in [-0.05, 0) is 32.2 Å². The molecular weight excluding hydrogens is 351 g/mol. The molecule has 0 fully saturated rings. The van der Waals surface area contributed by atoms with Gasteiger partial charge in [-0.3, -0.25) is 9.48 Å². The Kier molecular flexibility index (Phi) is 6.77. The number of aromatic nitrogens is 4. The first kappa shape index (κ1) is 20.0. The molecule has 0 saturated carbocycles. The number of nitrogens with one attached hydrogen (secondary N) is 3. The highest BCUT2D eigenvalue weighted by Crippen LogP contribution is 2.19. The van der Waals surface area contributed by atoms with Gasteiger partial charge >= 0.3 is 0 Å². The minimum atomic E-state index is -0.451. The van der Waals surface area contributed by atoms with Crippen molar-refractivity contribution in [2.45, 2.75) is 13.0 Å². The van der Waals surface area contributed by atoms with Crippen LogP contribution in [-0.2, 0) is 11.8 Å². The molecule has 2 aromatic heterocycles. The summed E-state index contributed by atoms with van der Waals surface area (Å²) < 4.78 is 1.67. The van der Waals surface area contributed by atoms with Crippen molar-refractivity contribution >= 4 is 47.4 Å². The lowest BCUT2D eigenvalue weighted by Gasteiger charge is -2.14. The number of carbonyl (C=O) groups is 1. The standard InChI is InChI=1S/C15H18N6O.2ClH/c1-9-18-12-5-4-11(6-13(12)19-9)20-15(22)14(16-2)10-7-17-21(3)8-10;;/h4-8,14,16H,1-3H3,(H,18,19)(H,20,22);2*1H. The number of likely N-dealkylation sites (N-methyl/N-ethyl adjacent to an activating group) is 1. The quantitative estimate of drug-likeness (QED) is 0.657. The number of amides is 1. The molecule has 0 bridgehead atoms. The van der Waals surface area contributed by atoms with Gasteiger partial charge in [0.2, 0.25) is 5.91 Å². The second-order valence-corrected chi connectivity index (χ2v) is 5.21. The van der Waals surface area contributed by atoms with E-state index in [4.69, 9.17) is 0 Å². The molecule has 1 aromatic carbocycles. The van der Waals surface area contributed by atoms with Gasteiger partial charge in [-0.1, -0.05) is 0 Å². The molecule has 3 aromatic rings. The van der Waals surface area contributed by atoms with E-state index < -0.39 is 6.04 Å². The third-order valence-electron chi connectivity index (χ3n) is 3.48. The number of halogens is 2. The van der Waals surface area contributed by atoms with E-state index in [0.29, 0.717) is 0 Å². The summed E-state index contributed by atoms with van der Waals surface area (Å²) in [6.07, 6.45) is 3.50. The molecule has 3 rings (SSSR count). The van der Waals surface area contributed by atoms with E-state index in [-0.39, 0.29) is 30.7 Å². The molecule has 1 atom stereocenters. The zero-order chi connectivity index (χ0) is 15.7. The van der Waals surface area contributed by atoms with Crippen molar-refractivity contribution in [3.05, 3.63) is 42.0 Å². The van der Waals surface area contributed by atoms with E-state index in [9.17, 15) is 4.79 Å². The molecule has 3 N–H and O–H groups in total. The van der Waals surface area contributed by atoms with Crippen LogP contribution in [0.1, 0.15) is 17.4 Å². The molecule has 0 spiro atoms. The summed E-state index contributed by atoms with van der Waals surface area (Å²) in [5, 5.41) is 10.0. The number of anilines is 1. The number of benzene rings is 1. The largest absolute Gasteiger partial charge is 0.342 e. The van der Waals surface area contributed by atoms with Crippen LogP contribution >= 0.6 is 24.8 Å². The molecular formula is C15H20Cl2N6O. The van der Waals surface area contributed by atoms with Crippen LogP contribution in [-0.4, -0.2) is 32.7 Å². The zero-order valence-corrected chi connectivity index (χ0v) is 15.2. The maximum absolute atomic E-state index is 12.5. The van der Waals surface area contributed by atoms with Crippen molar-refractivity contribution in [2.24, 2.45) is 7.05 Å². The van der Waals surface area contributed by atoms with Gasteiger partial charge < -0.3 is 15.6 Å². The van der Waals surface area contributed by atoms with Gasteiger partial charge in [0.1, 0.15) is 11.9 Å². The fourth-order valence-corrected chi connectivity index (χ4v) is 2.47. The Morgan fingerprint density at radius 2 is 2.08 bits per heavy atom. The van der Waals surface area contributed by atoms with E-state index in [1.165, 1.54) is 0 Å². The molecule has 0 aliphatic carbocycles. The Bertz CT molecular complexity index is 828. The van der Waals surface area contributed by atoms with Crippen LogP contribution in [0.2, 0.25) is 0 Å². The lowest BCUT2D eigenvalue weighted by atomic mass is 10.1. The maximum atomic E-state index is 12.5. The summed E-state index contributed by atoms with van der Waals surface area (Å²) in [5.41, 5.74) is 3.33. The number of hydrogen-bond donors (Lipinski definition) is 3. The van der Waals surface area contributed by atoms with Crippen LogP contribution in [0.3, 0.4) is 0 Å². The first-order valence-electron chi connectivity index (χ1n) is 7.00. The summed E-state index contributed by atoms with van der Waals surface area (Å²) >= 11 is 0. The lowest BCUT2D eigenvalue weighted by molar-refractivity contribution is -0.118. The Morgan fingerprint density at radius 1 is 1.33 bits per heavy atom. The predicted molar refractivity (Wildman–Crippen MR) is 99.0 cm³/mol. The van der Waals surface area contributed by atoms with E-state index in [0.717, 1.165) is 28.1 Å². The maximum Gasteiger partial charge on any atom is 0.246 e. The highest BCUT2D eigenvalue weighted by molar-refractivity contribution is 5.97. The third-order valence-corrected chi connectivity index (χ3v) is 3.48. The molecule has 130 valence electrons. The van der Waals surface area contributed by atoms with Crippen molar-refractivity contribution in [2.75, 3.05) is 12.4 Å². The van der Waals surface area contributed by atoms with Gasteiger partial charge in [-0.2, -0.15) is 5.10 Å². The predicted octanol–water partition coefficient (Wildman–Crippen LogP) is 2.35. The summed E-state index contributed by atoms with van der Waals surface area (Å²) in [6, 6.07) is 5.15. The van der Waals surface area contributed by atoms with Crippen molar-refractivity contribution < 1.29 is 4.79 Å². The van der Waals surface area contributed by atoms with Crippen LogP contribution in [0.5, 0.6) is 0 Å². The number of H-pyrrole nitrogens is 1. The first-order valence-corrected chi connectivity index (χ1v) is 7.00. The highest BCUT2D eigenvalue weighted by Gasteiger charge is 2.20. The molecule has 9 heteroatoms. The SMILES string of the molecule is CNC(C(=O)Nc1ccc2nc(C)[nH]c2c1)c1cnn(C)c1.Cl.Cl. The summed E-state index contributed by atoms with van der Waals surface area (Å²) in [5.74, 6) is 0.716. The number of hydrogen-bond acceptors (Lipinski definition) is 4. The Balaban J connectivity index is 0.00000144.